The molecule has 2 aliphatic rings. The van der Waals surface area contributed by atoms with E-state index in [1.54, 1.807) is 11.8 Å². The van der Waals surface area contributed by atoms with Crippen molar-refractivity contribution < 1.29 is 9.47 Å². The average molecular weight is 406 g/mol. The molecule has 1 aromatic heterocycles. The first kappa shape index (κ1) is 18.6. The number of fused-ring (bicyclic) bond motifs is 2. The highest BCUT2D eigenvalue weighted by Crippen LogP contribution is 2.40. The Kier molecular flexibility index (Phi) is 5.47. The molecule has 5 nitrogen and oxygen atoms in total. The summed E-state index contributed by atoms with van der Waals surface area (Å²) in [5.41, 5.74) is 3.29. The second kappa shape index (κ2) is 8.53. The van der Waals surface area contributed by atoms with Gasteiger partial charge in [-0.25, -0.2) is 4.98 Å². The number of nitrogens with zero attached hydrogens (tertiary/aromatic N) is 3. The highest BCUT2D eigenvalue weighted by Gasteiger charge is 2.24. The predicted octanol–water partition coefficient (Wildman–Crippen LogP) is 4.26. The van der Waals surface area contributed by atoms with E-state index in [0.717, 1.165) is 72.7 Å². The minimum absolute atomic E-state index is 0.687. The van der Waals surface area contributed by atoms with Crippen molar-refractivity contribution in [3.8, 4) is 23.0 Å². The second-order valence-corrected chi connectivity index (χ2v) is 8.27. The van der Waals surface area contributed by atoms with Crippen molar-refractivity contribution in [3.05, 3.63) is 65.7 Å². The molecule has 6 heteroatoms. The number of ether oxygens (including phenoxy) is 2. The van der Waals surface area contributed by atoms with Gasteiger partial charge in [0.05, 0.1) is 18.8 Å². The van der Waals surface area contributed by atoms with Crippen molar-refractivity contribution in [3.63, 3.8) is 0 Å². The highest BCUT2D eigenvalue weighted by atomic mass is 32.2. The van der Waals surface area contributed by atoms with Crippen LogP contribution in [-0.4, -0.2) is 53.5 Å². The van der Waals surface area contributed by atoms with Crippen LogP contribution in [0.2, 0.25) is 0 Å². The van der Waals surface area contributed by atoms with Crippen molar-refractivity contribution in [2.45, 2.75) is 11.4 Å². The Morgan fingerprint density at radius 1 is 0.931 bits per heavy atom. The summed E-state index contributed by atoms with van der Waals surface area (Å²) < 4.78 is 11.6. The third-order valence-electron chi connectivity index (χ3n) is 5.26. The molecule has 148 valence electrons. The largest absolute Gasteiger partial charge is 0.438 e. The Morgan fingerprint density at radius 3 is 2.59 bits per heavy atom. The fourth-order valence-corrected chi connectivity index (χ4v) is 4.68. The van der Waals surface area contributed by atoms with Crippen LogP contribution in [0.1, 0.15) is 11.1 Å². The smallest absolute Gasteiger partial charge is 0.227 e. The Morgan fingerprint density at radius 2 is 1.72 bits per heavy atom. The van der Waals surface area contributed by atoms with E-state index in [9.17, 15) is 0 Å². The molecular weight excluding hydrogens is 382 g/mol. The fourth-order valence-electron chi connectivity index (χ4n) is 3.66. The Hall–Kier alpha value is -2.41. The van der Waals surface area contributed by atoms with Gasteiger partial charge in [-0.3, -0.25) is 4.90 Å². The first-order chi connectivity index (χ1) is 14.4. The molecule has 1 saturated heterocycles. The van der Waals surface area contributed by atoms with Gasteiger partial charge in [0.2, 0.25) is 5.88 Å². The molecule has 0 saturated carbocycles. The third-order valence-corrected chi connectivity index (χ3v) is 6.26. The molecule has 0 aliphatic carbocycles. The summed E-state index contributed by atoms with van der Waals surface area (Å²) in [6.07, 6.45) is 0.806. The number of benzene rings is 2. The van der Waals surface area contributed by atoms with E-state index in [-0.39, 0.29) is 0 Å². The SMILES string of the molecule is c1ccc(-c2nc3c(c(SCCN4CCOCC4)n2)Cc2ccccc2O3)cc1. The van der Waals surface area contributed by atoms with Gasteiger partial charge < -0.3 is 9.47 Å². The summed E-state index contributed by atoms with van der Waals surface area (Å²) in [6, 6.07) is 18.3. The van der Waals surface area contributed by atoms with Crippen LogP contribution in [0, 0.1) is 0 Å². The predicted molar refractivity (Wildman–Crippen MR) is 115 cm³/mol. The number of aromatic nitrogens is 2. The molecule has 29 heavy (non-hydrogen) atoms. The maximum Gasteiger partial charge on any atom is 0.227 e. The highest BCUT2D eigenvalue weighted by molar-refractivity contribution is 7.99. The van der Waals surface area contributed by atoms with Gasteiger partial charge in [-0.2, -0.15) is 4.98 Å². The molecule has 5 rings (SSSR count). The van der Waals surface area contributed by atoms with Crippen molar-refractivity contribution >= 4 is 11.8 Å². The number of morpholine rings is 1. The lowest BCUT2D eigenvalue weighted by molar-refractivity contribution is 0.0410. The molecule has 1 fully saturated rings. The van der Waals surface area contributed by atoms with E-state index < -0.39 is 0 Å². The van der Waals surface area contributed by atoms with Gasteiger partial charge in [-0.1, -0.05) is 48.5 Å². The van der Waals surface area contributed by atoms with E-state index in [4.69, 9.17) is 19.4 Å². The topological polar surface area (TPSA) is 47.5 Å². The Balaban J connectivity index is 1.43. The number of hydrogen-bond acceptors (Lipinski definition) is 6. The summed E-state index contributed by atoms with van der Waals surface area (Å²) in [6.45, 7) is 4.71. The van der Waals surface area contributed by atoms with Gasteiger partial charge in [0.1, 0.15) is 10.8 Å². The van der Waals surface area contributed by atoms with Gasteiger partial charge in [0.15, 0.2) is 5.82 Å². The maximum atomic E-state index is 6.19. The van der Waals surface area contributed by atoms with E-state index in [0.29, 0.717) is 5.88 Å². The zero-order valence-electron chi connectivity index (χ0n) is 16.2. The normalized spacial score (nSPS) is 16.0. The van der Waals surface area contributed by atoms with Crippen molar-refractivity contribution in [2.24, 2.45) is 0 Å². The van der Waals surface area contributed by atoms with Gasteiger partial charge in [-0.15, -0.1) is 11.8 Å². The van der Waals surface area contributed by atoms with Gasteiger partial charge >= 0.3 is 0 Å². The summed E-state index contributed by atoms with van der Waals surface area (Å²) in [4.78, 5) is 12.2. The average Bonchev–Trinajstić information content (AvgIpc) is 2.79. The van der Waals surface area contributed by atoms with Crippen molar-refractivity contribution in [1.29, 1.82) is 0 Å². The summed E-state index contributed by atoms with van der Waals surface area (Å²) in [5, 5.41) is 1.02. The maximum absolute atomic E-state index is 6.19. The molecule has 2 aromatic carbocycles. The Bertz CT molecular complexity index is 991. The van der Waals surface area contributed by atoms with Crippen molar-refractivity contribution in [1.82, 2.24) is 14.9 Å². The van der Waals surface area contributed by atoms with Crippen LogP contribution >= 0.6 is 11.8 Å². The van der Waals surface area contributed by atoms with Gasteiger partial charge in [0.25, 0.3) is 0 Å². The van der Waals surface area contributed by atoms with E-state index in [1.807, 2.05) is 42.5 Å². The van der Waals surface area contributed by atoms with E-state index >= 15 is 0 Å². The molecule has 0 atom stereocenters. The molecule has 0 spiro atoms. The lowest BCUT2D eigenvalue weighted by Crippen LogP contribution is -2.37. The lowest BCUT2D eigenvalue weighted by Gasteiger charge is -2.26. The molecule has 0 bridgehead atoms. The minimum atomic E-state index is 0.687. The molecule has 3 aromatic rings. The van der Waals surface area contributed by atoms with Crippen LogP contribution < -0.4 is 4.74 Å². The second-order valence-electron chi connectivity index (χ2n) is 7.19. The van der Waals surface area contributed by atoms with Crippen LogP contribution in [0.3, 0.4) is 0 Å². The molecule has 2 aliphatic heterocycles. The van der Waals surface area contributed by atoms with Crippen LogP contribution in [0.25, 0.3) is 11.4 Å². The third kappa shape index (κ3) is 4.15. The van der Waals surface area contributed by atoms with Crippen LogP contribution in [0.15, 0.2) is 59.6 Å². The number of rotatable bonds is 5. The molecule has 0 radical (unpaired) electrons. The zero-order valence-corrected chi connectivity index (χ0v) is 17.0. The number of para-hydroxylation sites is 1. The molecule has 0 unspecified atom stereocenters. The number of hydrogen-bond donors (Lipinski definition) is 0. The first-order valence-corrected chi connectivity index (χ1v) is 11.0. The quantitative estimate of drug-likeness (QED) is 0.365. The lowest BCUT2D eigenvalue weighted by atomic mass is 10.0. The molecule has 0 N–H and O–H groups in total. The fraction of sp³-hybridized carbons (Fsp3) is 0.304. The Labute approximate surface area is 175 Å². The molecule has 0 amide bonds. The minimum Gasteiger partial charge on any atom is -0.438 e. The van der Waals surface area contributed by atoms with Crippen LogP contribution in [0.4, 0.5) is 0 Å². The zero-order chi connectivity index (χ0) is 19.5. The van der Waals surface area contributed by atoms with Gasteiger partial charge in [-0.05, 0) is 11.6 Å². The summed E-state index contributed by atoms with van der Waals surface area (Å²) in [5.74, 6) is 3.28. The van der Waals surface area contributed by atoms with Crippen LogP contribution in [-0.2, 0) is 11.2 Å². The van der Waals surface area contributed by atoms with E-state index in [1.165, 1.54) is 5.56 Å². The summed E-state index contributed by atoms with van der Waals surface area (Å²) >= 11 is 1.80. The number of thioether (sulfide) groups is 1. The summed E-state index contributed by atoms with van der Waals surface area (Å²) in [7, 11) is 0. The van der Waals surface area contributed by atoms with E-state index in [2.05, 4.69) is 17.0 Å². The van der Waals surface area contributed by atoms with Crippen LogP contribution in [0.5, 0.6) is 11.6 Å². The first-order valence-electron chi connectivity index (χ1n) is 10.0. The monoisotopic (exact) mass is 405 g/mol. The standard InChI is InChI=1S/C23H23N3O2S/c1-2-6-17(7-3-1)21-24-22-19(16-18-8-4-5-9-20(18)28-22)23(25-21)29-15-12-26-10-13-27-14-11-26/h1-9H,10-16H2. The molecular formula is C23H23N3O2S. The van der Waals surface area contributed by atoms with Crippen molar-refractivity contribution in [2.75, 3.05) is 38.6 Å². The van der Waals surface area contributed by atoms with Gasteiger partial charge in [0, 0.05) is 37.4 Å². The molecule has 3 heterocycles.